The fourth-order valence-corrected chi connectivity index (χ4v) is 5.56. The fourth-order valence-electron chi connectivity index (χ4n) is 3.88. The second-order valence-electron chi connectivity index (χ2n) is 7.62. The number of benzene rings is 2. The van der Waals surface area contributed by atoms with Crippen molar-refractivity contribution < 1.29 is 32.3 Å². The number of rotatable bonds is 4. The number of amides is 3. The monoisotopic (exact) mass is 456 g/mol. The minimum Gasteiger partial charge on any atom is -0.452 e. The highest BCUT2D eigenvalue weighted by atomic mass is 32.2. The first-order chi connectivity index (χ1) is 15.3. The summed E-state index contributed by atoms with van der Waals surface area (Å²) in [4.78, 5) is 48.3. The molecule has 10 heteroatoms. The van der Waals surface area contributed by atoms with E-state index in [0.717, 1.165) is 31.7 Å². The first-order valence-corrected chi connectivity index (χ1v) is 11.6. The minimum atomic E-state index is -4.01. The summed E-state index contributed by atoms with van der Waals surface area (Å²) in [6, 6.07) is 8.77. The number of hydrogen-bond acceptors (Lipinski definition) is 7. The maximum atomic E-state index is 12.9. The molecule has 0 radical (unpaired) electrons. The molecule has 166 valence electrons. The number of nitrogens with one attached hydrogen (secondary N) is 2. The van der Waals surface area contributed by atoms with Crippen LogP contribution in [0.15, 0.2) is 52.3 Å². The average molecular weight is 456 g/mol. The summed E-state index contributed by atoms with van der Waals surface area (Å²) in [6.07, 6.45) is 3.74. The van der Waals surface area contributed by atoms with Crippen molar-refractivity contribution in [3.8, 4) is 0 Å². The summed E-state index contributed by atoms with van der Waals surface area (Å²) in [5.41, 5.74) is -0.104. The summed E-state index contributed by atoms with van der Waals surface area (Å²) in [6.45, 7) is -0.720. The molecule has 2 N–H and O–H groups in total. The molecule has 3 amide bonds. The molecular formula is C22H20N2O7S. The van der Waals surface area contributed by atoms with Gasteiger partial charge in [-0.15, -0.1) is 0 Å². The van der Waals surface area contributed by atoms with Crippen molar-refractivity contribution in [1.82, 2.24) is 10.6 Å². The molecular weight excluding hydrogens is 436 g/mol. The summed E-state index contributed by atoms with van der Waals surface area (Å²) in [5, 5.41) is 4.76. The predicted molar refractivity (Wildman–Crippen MR) is 111 cm³/mol. The molecule has 0 aromatic heterocycles. The molecule has 0 bridgehead atoms. The van der Waals surface area contributed by atoms with Crippen LogP contribution in [0.3, 0.4) is 0 Å². The number of ketones is 1. The Morgan fingerprint density at radius 1 is 0.969 bits per heavy atom. The van der Waals surface area contributed by atoms with Gasteiger partial charge in [-0.25, -0.2) is 18.0 Å². The van der Waals surface area contributed by atoms with Crippen LogP contribution < -0.4 is 10.6 Å². The van der Waals surface area contributed by atoms with E-state index in [4.69, 9.17) is 4.74 Å². The molecule has 0 spiro atoms. The summed E-state index contributed by atoms with van der Waals surface area (Å²) in [5.74, 6) is -2.23. The van der Waals surface area contributed by atoms with Crippen molar-refractivity contribution in [3.63, 3.8) is 0 Å². The van der Waals surface area contributed by atoms with E-state index in [1.807, 2.05) is 0 Å². The number of imide groups is 1. The Bertz CT molecular complexity index is 1230. The van der Waals surface area contributed by atoms with E-state index in [9.17, 15) is 27.6 Å². The van der Waals surface area contributed by atoms with Crippen molar-refractivity contribution >= 4 is 33.5 Å². The zero-order valence-electron chi connectivity index (χ0n) is 16.9. The molecule has 0 atom stereocenters. The van der Waals surface area contributed by atoms with Crippen LogP contribution in [-0.2, 0) is 19.4 Å². The zero-order chi connectivity index (χ0) is 22.9. The van der Waals surface area contributed by atoms with E-state index < -0.39 is 40.1 Å². The van der Waals surface area contributed by atoms with Crippen molar-refractivity contribution in [2.75, 3.05) is 6.61 Å². The number of carbonyl (C=O) groups is 4. The van der Waals surface area contributed by atoms with Gasteiger partial charge in [-0.3, -0.25) is 14.9 Å². The Kier molecular flexibility index (Phi) is 5.79. The van der Waals surface area contributed by atoms with Gasteiger partial charge in [-0.2, -0.15) is 0 Å². The van der Waals surface area contributed by atoms with Crippen LogP contribution in [0, 0.1) is 0 Å². The van der Waals surface area contributed by atoms with Gasteiger partial charge in [0.2, 0.25) is 9.84 Å². The summed E-state index contributed by atoms with van der Waals surface area (Å²) < 4.78 is 30.8. The quantitative estimate of drug-likeness (QED) is 0.573. The molecule has 0 saturated heterocycles. The largest absolute Gasteiger partial charge is 0.452 e. The number of carbonyl (C=O) groups excluding carboxylic acids is 4. The van der Waals surface area contributed by atoms with Gasteiger partial charge in [0, 0.05) is 17.2 Å². The molecule has 1 aliphatic heterocycles. The topological polar surface area (TPSA) is 136 Å². The van der Waals surface area contributed by atoms with Crippen LogP contribution in [0.1, 0.15) is 52.0 Å². The number of urea groups is 1. The second kappa shape index (κ2) is 8.54. The number of hydrogen-bond donors (Lipinski definition) is 2. The Balaban J connectivity index is 1.43. The summed E-state index contributed by atoms with van der Waals surface area (Å²) >= 11 is 0. The molecule has 2 aromatic carbocycles. The highest BCUT2D eigenvalue weighted by Crippen LogP contribution is 2.34. The molecule has 32 heavy (non-hydrogen) atoms. The van der Waals surface area contributed by atoms with Gasteiger partial charge in [-0.05, 0) is 43.2 Å². The van der Waals surface area contributed by atoms with E-state index in [0.29, 0.717) is 0 Å². The lowest BCUT2D eigenvalue weighted by molar-refractivity contribution is -0.123. The maximum Gasteiger partial charge on any atom is 0.338 e. The predicted octanol–water partition coefficient (Wildman–Crippen LogP) is 1.99. The molecule has 2 aromatic rings. The van der Waals surface area contributed by atoms with Crippen molar-refractivity contribution in [2.45, 2.75) is 41.5 Å². The second-order valence-corrected chi connectivity index (χ2v) is 9.51. The third kappa shape index (κ3) is 4.13. The fraction of sp³-hybridized carbons (Fsp3) is 0.273. The highest BCUT2D eigenvalue weighted by molar-refractivity contribution is 7.91. The normalized spacial score (nSPS) is 16.6. The number of fused-ring (bicyclic) bond motifs is 2. The molecule has 1 heterocycles. The van der Waals surface area contributed by atoms with Crippen LogP contribution in [0.5, 0.6) is 0 Å². The minimum absolute atomic E-state index is 0.0237. The highest BCUT2D eigenvalue weighted by Gasteiger charge is 2.35. The lowest BCUT2D eigenvalue weighted by Crippen LogP contribution is -2.45. The van der Waals surface area contributed by atoms with Gasteiger partial charge in [0.25, 0.3) is 5.91 Å². The number of ether oxygens (including phenoxy) is 1. The van der Waals surface area contributed by atoms with Crippen LogP contribution in [-0.4, -0.2) is 44.8 Å². The first kappa shape index (κ1) is 21.7. The SMILES string of the molecule is O=C(COC(=O)c1ccc2c(c1)S(=O)(=O)c1ccccc1C2=O)NC(=O)NC1CCCC1. The van der Waals surface area contributed by atoms with Gasteiger partial charge in [0.1, 0.15) is 0 Å². The molecule has 9 nitrogen and oxygen atoms in total. The summed E-state index contributed by atoms with van der Waals surface area (Å²) in [7, 11) is -4.01. The molecule has 4 rings (SSSR count). The van der Waals surface area contributed by atoms with Crippen molar-refractivity contribution in [3.05, 3.63) is 59.2 Å². The number of sulfone groups is 1. The Morgan fingerprint density at radius 3 is 2.41 bits per heavy atom. The Hall–Kier alpha value is -3.53. The van der Waals surface area contributed by atoms with Crippen LogP contribution >= 0.6 is 0 Å². The Labute approximate surface area is 184 Å². The van der Waals surface area contributed by atoms with Gasteiger partial charge in [-0.1, -0.05) is 25.0 Å². The zero-order valence-corrected chi connectivity index (χ0v) is 17.7. The van der Waals surface area contributed by atoms with E-state index in [1.54, 1.807) is 6.07 Å². The average Bonchev–Trinajstić information content (AvgIpc) is 3.28. The lowest BCUT2D eigenvalue weighted by Gasteiger charge is -2.19. The van der Waals surface area contributed by atoms with Crippen LogP contribution in [0.2, 0.25) is 0 Å². The smallest absolute Gasteiger partial charge is 0.338 e. The third-order valence-corrected chi connectivity index (χ3v) is 7.30. The first-order valence-electron chi connectivity index (χ1n) is 10.1. The van der Waals surface area contributed by atoms with E-state index in [-0.39, 0.29) is 32.5 Å². The van der Waals surface area contributed by atoms with Crippen molar-refractivity contribution in [1.29, 1.82) is 0 Å². The van der Waals surface area contributed by atoms with Gasteiger partial charge in [0.05, 0.1) is 15.4 Å². The van der Waals surface area contributed by atoms with Crippen molar-refractivity contribution in [2.24, 2.45) is 0 Å². The third-order valence-electron chi connectivity index (χ3n) is 5.45. The van der Waals surface area contributed by atoms with Crippen LogP contribution in [0.25, 0.3) is 0 Å². The van der Waals surface area contributed by atoms with Crippen LogP contribution in [0.4, 0.5) is 4.79 Å². The van der Waals surface area contributed by atoms with Gasteiger partial charge < -0.3 is 10.1 Å². The molecule has 0 unspecified atom stereocenters. The number of esters is 1. The molecule has 1 saturated carbocycles. The van der Waals surface area contributed by atoms with Gasteiger partial charge in [0.15, 0.2) is 12.4 Å². The van der Waals surface area contributed by atoms with Gasteiger partial charge >= 0.3 is 12.0 Å². The van der Waals surface area contributed by atoms with E-state index >= 15 is 0 Å². The molecule has 2 aliphatic rings. The maximum absolute atomic E-state index is 12.9. The lowest BCUT2D eigenvalue weighted by atomic mass is 10.0. The van der Waals surface area contributed by atoms with E-state index in [2.05, 4.69) is 10.6 Å². The molecule has 1 aliphatic carbocycles. The molecule has 1 fully saturated rings. The Morgan fingerprint density at radius 2 is 1.66 bits per heavy atom. The standard InChI is InChI=1S/C22H20N2O7S/c25-19(24-22(28)23-14-5-1-2-6-14)12-31-21(27)13-9-10-16-18(11-13)32(29,30)17-8-4-3-7-15(17)20(16)26/h3-4,7-11,14H,1-2,5-6,12H2,(H2,23,24,25,28). The van der Waals surface area contributed by atoms with E-state index in [1.165, 1.54) is 30.3 Å².